The van der Waals surface area contributed by atoms with Crippen LogP contribution < -0.4 is 20.7 Å². The Bertz CT molecular complexity index is 748. The molecule has 1 unspecified atom stereocenters. The number of urea groups is 1. The summed E-state index contributed by atoms with van der Waals surface area (Å²) >= 11 is 0. The van der Waals surface area contributed by atoms with Crippen LogP contribution in [0.25, 0.3) is 0 Å². The first-order valence-electron chi connectivity index (χ1n) is 9.23. The smallest absolute Gasteiger partial charge is 0.319 e. The zero-order valence-corrected chi connectivity index (χ0v) is 16.1. The van der Waals surface area contributed by atoms with Crippen molar-refractivity contribution in [3.8, 4) is 5.75 Å². The number of nitrogens with one attached hydrogen (secondary N) is 3. The van der Waals surface area contributed by atoms with Gasteiger partial charge in [0.2, 0.25) is 5.91 Å². The van der Waals surface area contributed by atoms with Crippen molar-refractivity contribution in [2.24, 2.45) is 5.92 Å². The van der Waals surface area contributed by atoms with E-state index in [0.29, 0.717) is 23.5 Å². The molecule has 2 aromatic rings. The number of hydrogen-bond donors (Lipinski definition) is 4. The Labute approximate surface area is 165 Å². The number of carbonyl (C=O) groups excluding carboxylic acids is 2. The molecule has 0 aromatic heterocycles. The second-order valence-corrected chi connectivity index (χ2v) is 6.84. The molecule has 0 heterocycles. The highest BCUT2D eigenvalue weighted by molar-refractivity contribution is 5.92. The fourth-order valence-electron chi connectivity index (χ4n) is 2.37. The van der Waals surface area contributed by atoms with Gasteiger partial charge >= 0.3 is 6.03 Å². The molecular formula is C21H27N3O4. The van der Waals surface area contributed by atoms with Crippen LogP contribution >= 0.6 is 0 Å². The number of para-hydroxylation sites is 1. The van der Waals surface area contributed by atoms with Gasteiger partial charge in [0.15, 0.2) is 0 Å². The van der Waals surface area contributed by atoms with Crippen molar-refractivity contribution in [1.82, 2.24) is 5.32 Å². The van der Waals surface area contributed by atoms with E-state index in [9.17, 15) is 14.7 Å². The Hall–Kier alpha value is -3.06. The molecule has 0 aliphatic heterocycles. The van der Waals surface area contributed by atoms with Gasteiger partial charge in [0.25, 0.3) is 0 Å². The van der Waals surface area contributed by atoms with Crippen LogP contribution in [0.4, 0.5) is 16.2 Å². The summed E-state index contributed by atoms with van der Waals surface area (Å²) in [5.74, 6) is 0.907. The number of amides is 3. The zero-order chi connectivity index (χ0) is 20.4. The predicted octanol–water partition coefficient (Wildman–Crippen LogP) is 3.23. The van der Waals surface area contributed by atoms with Crippen molar-refractivity contribution >= 4 is 23.3 Å². The standard InChI is InChI=1S/C21H27N3O4/c1-15(2)12-20(26)23-16-8-10-17(11-9-16)24-21(27)22-13-18(25)14-28-19-6-4-3-5-7-19/h3-11,15,18,25H,12-14H2,1-2H3,(H,23,26)(H2,22,24,27). The molecule has 150 valence electrons. The first kappa shape index (κ1) is 21.2. The molecule has 0 bridgehead atoms. The van der Waals surface area contributed by atoms with Gasteiger partial charge < -0.3 is 25.8 Å². The summed E-state index contributed by atoms with van der Waals surface area (Å²) in [6.45, 7) is 4.10. The Balaban J connectivity index is 1.70. The summed E-state index contributed by atoms with van der Waals surface area (Å²) in [5.41, 5.74) is 1.25. The van der Waals surface area contributed by atoms with Gasteiger partial charge in [-0.05, 0) is 42.3 Å². The monoisotopic (exact) mass is 385 g/mol. The van der Waals surface area contributed by atoms with E-state index in [1.54, 1.807) is 36.4 Å². The number of anilines is 2. The summed E-state index contributed by atoms with van der Waals surface area (Å²) in [6, 6.07) is 15.5. The lowest BCUT2D eigenvalue weighted by atomic mass is 10.1. The van der Waals surface area contributed by atoms with Crippen LogP contribution in [0.5, 0.6) is 5.75 Å². The third kappa shape index (κ3) is 8.09. The fourth-order valence-corrected chi connectivity index (χ4v) is 2.37. The van der Waals surface area contributed by atoms with Gasteiger partial charge in [-0.25, -0.2) is 4.79 Å². The molecule has 7 nitrogen and oxygen atoms in total. The Morgan fingerprint density at radius 1 is 0.964 bits per heavy atom. The molecule has 7 heteroatoms. The molecule has 0 spiro atoms. The van der Waals surface area contributed by atoms with E-state index >= 15 is 0 Å². The number of ether oxygens (including phenoxy) is 1. The summed E-state index contributed by atoms with van der Waals surface area (Å²) in [4.78, 5) is 23.7. The van der Waals surface area contributed by atoms with Gasteiger partial charge in [-0.1, -0.05) is 32.0 Å². The minimum Gasteiger partial charge on any atom is -0.491 e. The SMILES string of the molecule is CC(C)CC(=O)Nc1ccc(NC(=O)NCC(O)COc2ccccc2)cc1. The molecular weight excluding hydrogens is 358 g/mol. The molecule has 0 radical (unpaired) electrons. The van der Waals surface area contributed by atoms with Gasteiger partial charge in [0, 0.05) is 24.3 Å². The molecule has 0 saturated carbocycles. The summed E-state index contributed by atoms with van der Waals surface area (Å²) in [6.07, 6.45) is -0.372. The third-order valence-electron chi connectivity index (χ3n) is 3.70. The van der Waals surface area contributed by atoms with E-state index < -0.39 is 12.1 Å². The molecule has 3 amide bonds. The van der Waals surface area contributed by atoms with Crippen LogP contribution in [0.3, 0.4) is 0 Å². The molecule has 2 aromatic carbocycles. The van der Waals surface area contributed by atoms with Gasteiger partial charge in [0.1, 0.15) is 18.5 Å². The molecule has 0 aliphatic carbocycles. The number of aliphatic hydroxyl groups is 1. The highest BCUT2D eigenvalue weighted by Gasteiger charge is 2.09. The first-order valence-corrected chi connectivity index (χ1v) is 9.23. The van der Waals surface area contributed by atoms with Crippen molar-refractivity contribution in [1.29, 1.82) is 0 Å². The van der Waals surface area contributed by atoms with Crippen LogP contribution in [-0.4, -0.2) is 36.3 Å². The van der Waals surface area contributed by atoms with E-state index in [0.717, 1.165) is 0 Å². The molecule has 0 aliphatic rings. The van der Waals surface area contributed by atoms with Crippen molar-refractivity contribution in [2.45, 2.75) is 26.4 Å². The van der Waals surface area contributed by atoms with Gasteiger partial charge in [0.05, 0.1) is 0 Å². The van der Waals surface area contributed by atoms with Crippen LogP contribution in [0.1, 0.15) is 20.3 Å². The Morgan fingerprint density at radius 2 is 1.57 bits per heavy atom. The average Bonchev–Trinajstić information content (AvgIpc) is 2.66. The molecule has 0 fully saturated rings. The van der Waals surface area contributed by atoms with Gasteiger partial charge in [-0.15, -0.1) is 0 Å². The van der Waals surface area contributed by atoms with E-state index in [1.807, 2.05) is 32.0 Å². The second kappa shape index (κ2) is 10.9. The van der Waals surface area contributed by atoms with Crippen molar-refractivity contribution in [2.75, 3.05) is 23.8 Å². The molecule has 4 N–H and O–H groups in total. The molecule has 1 atom stereocenters. The van der Waals surface area contributed by atoms with Crippen LogP contribution in [0.15, 0.2) is 54.6 Å². The molecule has 2 rings (SSSR count). The van der Waals surface area contributed by atoms with Crippen LogP contribution in [0.2, 0.25) is 0 Å². The second-order valence-electron chi connectivity index (χ2n) is 6.84. The lowest BCUT2D eigenvalue weighted by Crippen LogP contribution is -2.37. The summed E-state index contributed by atoms with van der Waals surface area (Å²) < 4.78 is 5.43. The lowest BCUT2D eigenvalue weighted by molar-refractivity contribution is -0.116. The first-order chi connectivity index (χ1) is 13.4. The lowest BCUT2D eigenvalue weighted by Gasteiger charge is -2.14. The average molecular weight is 385 g/mol. The largest absolute Gasteiger partial charge is 0.491 e. The Kier molecular flexibility index (Phi) is 8.30. The number of rotatable bonds is 9. The van der Waals surface area contributed by atoms with Crippen molar-refractivity contribution < 1.29 is 19.4 Å². The maximum Gasteiger partial charge on any atom is 0.319 e. The fraction of sp³-hybridized carbons (Fsp3) is 0.333. The zero-order valence-electron chi connectivity index (χ0n) is 16.1. The Morgan fingerprint density at radius 3 is 2.18 bits per heavy atom. The number of benzene rings is 2. The number of hydrogen-bond acceptors (Lipinski definition) is 4. The van der Waals surface area contributed by atoms with Crippen LogP contribution in [-0.2, 0) is 4.79 Å². The quantitative estimate of drug-likeness (QED) is 0.532. The predicted molar refractivity (Wildman–Crippen MR) is 109 cm³/mol. The van der Waals surface area contributed by atoms with Gasteiger partial charge in [-0.3, -0.25) is 4.79 Å². The highest BCUT2D eigenvalue weighted by atomic mass is 16.5. The molecule has 0 saturated heterocycles. The van der Waals surface area contributed by atoms with Crippen LogP contribution in [0, 0.1) is 5.92 Å². The highest BCUT2D eigenvalue weighted by Crippen LogP contribution is 2.14. The number of aliphatic hydroxyl groups excluding tert-OH is 1. The number of carbonyl (C=O) groups is 2. The topological polar surface area (TPSA) is 99.7 Å². The van der Waals surface area contributed by atoms with E-state index in [-0.39, 0.29) is 25.0 Å². The minimum atomic E-state index is -0.829. The maximum atomic E-state index is 11.9. The van der Waals surface area contributed by atoms with Crippen molar-refractivity contribution in [3.05, 3.63) is 54.6 Å². The summed E-state index contributed by atoms with van der Waals surface area (Å²) in [7, 11) is 0. The van der Waals surface area contributed by atoms with E-state index in [4.69, 9.17) is 4.74 Å². The van der Waals surface area contributed by atoms with E-state index in [2.05, 4.69) is 16.0 Å². The third-order valence-corrected chi connectivity index (χ3v) is 3.70. The van der Waals surface area contributed by atoms with Crippen molar-refractivity contribution in [3.63, 3.8) is 0 Å². The molecule has 28 heavy (non-hydrogen) atoms. The maximum absolute atomic E-state index is 11.9. The minimum absolute atomic E-state index is 0.0415. The van der Waals surface area contributed by atoms with Gasteiger partial charge in [-0.2, -0.15) is 0 Å². The normalized spacial score (nSPS) is 11.6. The van der Waals surface area contributed by atoms with E-state index in [1.165, 1.54) is 0 Å². The summed E-state index contributed by atoms with van der Waals surface area (Å²) in [5, 5.41) is 18.0.